The second-order valence-corrected chi connectivity index (χ2v) is 7.69. The van der Waals surface area contributed by atoms with Crippen molar-refractivity contribution in [1.29, 1.82) is 0 Å². The molecule has 0 spiro atoms. The normalized spacial score (nSPS) is 18.9. The van der Waals surface area contributed by atoms with E-state index in [0.29, 0.717) is 30.9 Å². The Morgan fingerprint density at radius 3 is 2.63 bits per heavy atom. The topological polar surface area (TPSA) is 72.4 Å². The molecule has 1 aliphatic rings. The fourth-order valence-corrected chi connectivity index (χ4v) is 3.99. The highest BCUT2D eigenvalue weighted by Gasteiger charge is 2.45. The van der Waals surface area contributed by atoms with Crippen molar-refractivity contribution in [2.24, 2.45) is 5.41 Å². The van der Waals surface area contributed by atoms with Crippen molar-refractivity contribution in [3.8, 4) is 0 Å². The van der Waals surface area contributed by atoms with Crippen LogP contribution in [0.4, 0.5) is 8.78 Å². The molecule has 0 N–H and O–H groups in total. The molecule has 8 heteroatoms. The van der Waals surface area contributed by atoms with Crippen molar-refractivity contribution in [3.05, 3.63) is 58.7 Å². The number of hydrogen-bond donors (Lipinski definition) is 0. The molecule has 1 atom stereocenters. The molecule has 0 saturated carbocycles. The van der Waals surface area contributed by atoms with E-state index in [2.05, 4.69) is 9.97 Å². The van der Waals surface area contributed by atoms with Crippen LogP contribution in [0.1, 0.15) is 47.3 Å². The summed E-state index contributed by atoms with van der Waals surface area (Å²) in [4.78, 5) is 36.0. The van der Waals surface area contributed by atoms with Gasteiger partial charge in [0.15, 0.2) is 0 Å². The third kappa shape index (κ3) is 4.63. The van der Waals surface area contributed by atoms with Crippen LogP contribution in [0.3, 0.4) is 0 Å². The summed E-state index contributed by atoms with van der Waals surface area (Å²) in [6.07, 6.45) is 1.01. The number of nitrogens with zero attached hydrogens (tertiary/aromatic N) is 3. The molecule has 1 aromatic heterocycles. The molecule has 2 aromatic rings. The first-order chi connectivity index (χ1) is 14.2. The van der Waals surface area contributed by atoms with Crippen LogP contribution in [-0.4, -0.2) is 46.4 Å². The van der Waals surface area contributed by atoms with Gasteiger partial charge in [0.2, 0.25) is 0 Å². The van der Waals surface area contributed by atoms with Crippen LogP contribution in [-0.2, 0) is 16.0 Å². The largest absolute Gasteiger partial charge is 0.466 e. The number of aryl methyl sites for hydroxylation is 2. The molecule has 6 nitrogen and oxygen atoms in total. The van der Waals surface area contributed by atoms with Gasteiger partial charge in [0, 0.05) is 24.8 Å². The number of carbonyl (C=O) groups excluding carboxylic acids is 2. The minimum Gasteiger partial charge on any atom is -0.466 e. The maximum atomic E-state index is 14.3. The number of hydrogen-bond acceptors (Lipinski definition) is 5. The Kier molecular flexibility index (Phi) is 6.43. The zero-order valence-electron chi connectivity index (χ0n) is 17.4. The second-order valence-electron chi connectivity index (χ2n) is 7.69. The number of carbonyl (C=O) groups is 2. The molecule has 1 saturated heterocycles. The molecule has 160 valence electrons. The molecule has 1 aromatic carbocycles. The summed E-state index contributed by atoms with van der Waals surface area (Å²) in [5.74, 6) is -1.71. The van der Waals surface area contributed by atoms with Crippen molar-refractivity contribution in [3.63, 3.8) is 0 Å². The van der Waals surface area contributed by atoms with Crippen LogP contribution in [0, 0.1) is 30.9 Å². The molecular weight excluding hydrogens is 392 g/mol. The van der Waals surface area contributed by atoms with Crippen molar-refractivity contribution in [2.45, 2.75) is 40.0 Å². The predicted octanol–water partition coefficient (Wildman–Crippen LogP) is 3.40. The fraction of sp³-hybridized carbons (Fsp3) is 0.455. The fourth-order valence-electron chi connectivity index (χ4n) is 3.99. The van der Waals surface area contributed by atoms with E-state index in [1.807, 2.05) is 0 Å². The SMILES string of the molecule is CCOC(=O)[C@@]1(Cc2ccc(F)cc2F)CCCN(C(=O)c2cc(C)nc(C)n2)C1. The highest BCUT2D eigenvalue weighted by molar-refractivity contribution is 5.93. The number of benzene rings is 1. The zero-order valence-corrected chi connectivity index (χ0v) is 17.4. The van der Waals surface area contributed by atoms with E-state index in [1.165, 1.54) is 6.07 Å². The lowest BCUT2D eigenvalue weighted by atomic mass is 9.74. The van der Waals surface area contributed by atoms with Crippen LogP contribution in [0.15, 0.2) is 24.3 Å². The molecular formula is C22H25F2N3O3. The van der Waals surface area contributed by atoms with Gasteiger partial charge in [0.1, 0.15) is 23.2 Å². The Morgan fingerprint density at radius 2 is 1.97 bits per heavy atom. The van der Waals surface area contributed by atoms with Gasteiger partial charge in [-0.3, -0.25) is 9.59 Å². The summed E-state index contributed by atoms with van der Waals surface area (Å²) in [6.45, 7) is 5.88. The molecule has 2 heterocycles. The van der Waals surface area contributed by atoms with Gasteiger partial charge in [0.25, 0.3) is 5.91 Å². The average molecular weight is 417 g/mol. The molecule has 1 amide bonds. The van der Waals surface area contributed by atoms with Crippen molar-refractivity contribution >= 4 is 11.9 Å². The predicted molar refractivity (Wildman–Crippen MR) is 106 cm³/mol. The molecule has 0 radical (unpaired) electrons. The van der Waals surface area contributed by atoms with Crippen molar-refractivity contribution in [1.82, 2.24) is 14.9 Å². The quantitative estimate of drug-likeness (QED) is 0.698. The first kappa shape index (κ1) is 21.8. The highest BCUT2D eigenvalue weighted by atomic mass is 19.1. The Hall–Kier alpha value is -2.90. The van der Waals surface area contributed by atoms with Crippen LogP contribution >= 0.6 is 0 Å². The van der Waals surface area contributed by atoms with Gasteiger partial charge in [-0.25, -0.2) is 18.7 Å². The smallest absolute Gasteiger partial charge is 0.314 e. The Labute approximate surface area is 174 Å². The summed E-state index contributed by atoms with van der Waals surface area (Å²) in [7, 11) is 0. The molecule has 30 heavy (non-hydrogen) atoms. The summed E-state index contributed by atoms with van der Waals surface area (Å²) >= 11 is 0. The van der Waals surface area contributed by atoms with Gasteiger partial charge in [-0.05, 0) is 57.7 Å². The lowest BCUT2D eigenvalue weighted by Crippen LogP contribution is -2.52. The number of esters is 1. The van der Waals surface area contributed by atoms with E-state index in [-0.39, 0.29) is 36.7 Å². The molecule has 0 aliphatic carbocycles. The summed E-state index contributed by atoms with van der Waals surface area (Å²) < 4.78 is 33.0. The minimum absolute atomic E-state index is 0.0174. The Balaban J connectivity index is 1.92. The standard InChI is InChI=1S/C22H25F2N3O3/c1-4-30-21(29)22(12-16-6-7-17(23)11-18(16)24)8-5-9-27(13-22)20(28)19-10-14(2)25-15(3)26-19/h6-7,10-11H,4-5,8-9,12-13H2,1-3H3/t22-/m1/s1. The van der Waals surface area contributed by atoms with Crippen LogP contribution < -0.4 is 0 Å². The Morgan fingerprint density at radius 1 is 1.20 bits per heavy atom. The van der Waals surface area contributed by atoms with E-state index >= 15 is 0 Å². The minimum atomic E-state index is -1.11. The van der Waals surface area contributed by atoms with Crippen molar-refractivity contribution in [2.75, 3.05) is 19.7 Å². The number of likely N-dealkylation sites (tertiary alicyclic amines) is 1. The van der Waals surface area contributed by atoms with E-state index in [1.54, 1.807) is 31.7 Å². The molecule has 1 fully saturated rings. The average Bonchev–Trinajstić information content (AvgIpc) is 2.69. The summed E-state index contributed by atoms with van der Waals surface area (Å²) in [5.41, 5.74) is 0.0349. The monoisotopic (exact) mass is 417 g/mol. The first-order valence-corrected chi connectivity index (χ1v) is 9.97. The number of ether oxygens (including phenoxy) is 1. The molecule has 0 unspecified atom stereocenters. The third-order valence-electron chi connectivity index (χ3n) is 5.30. The lowest BCUT2D eigenvalue weighted by Gasteiger charge is -2.41. The van der Waals surface area contributed by atoms with Crippen LogP contribution in [0.25, 0.3) is 0 Å². The summed E-state index contributed by atoms with van der Waals surface area (Å²) in [6, 6.07) is 4.90. The number of aromatic nitrogens is 2. The van der Waals surface area contributed by atoms with Gasteiger partial charge in [-0.15, -0.1) is 0 Å². The van der Waals surface area contributed by atoms with E-state index in [4.69, 9.17) is 4.74 Å². The lowest BCUT2D eigenvalue weighted by molar-refractivity contribution is -0.158. The van der Waals surface area contributed by atoms with Crippen LogP contribution in [0.5, 0.6) is 0 Å². The van der Waals surface area contributed by atoms with Crippen LogP contribution in [0.2, 0.25) is 0 Å². The number of piperidine rings is 1. The number of rotatable bonds is 5. The van der Waals surface area contributed by atoms with E-state index in [9.17, 15) is 18.4 Å². The van der Waals surface area contributed by atoms with E-state index < -0.39 is 23.0 Å². The Bertz CT molecular complexity index is 946. The maximum absolute atomic E-state index is 14.3. The maximum Gasteiger partial charge on any atom is 0.314 e. The third-order valence-corrected chi connectivity index (χ3v) is 5.30. The van der Waals surface area contributed by atoms with Gasteiger partial charge in [-0.2, -0.15) is 0 Å². The van der Waals surface area contributed by atoms with E-state index in [0.717, 1.165) is 12.1 Å². The van der Waals surface area contributed by atoms with Gasteiger partial charge < -0.3 is 9.64 Å². The summed E-state index contributed by atoms with van der Waals surface area (Å²) in [5, 5.41) is 0. The van der Waals surface area contributed by atoms with Gasteiger partial charge >= 0.3 is 5.97 Å². The highest BCUT2D eigenvalue weighted by Crippen LogP contribution is 2.36. The first-order valence-electron chi connectivity index (χ1n) is 9.97. The molecule has 1 aliphatic heterocycles. The second kappa shape index (κ2) is 8.85. The van der Waals surface area contributed by atoms with Crippen molar-refractivity contribution < 1.29 is 23.1 Å². The zero-order chi connectivity index (χ0) is 21.9. The number of halogens is 2. The van der Waals surface area contributed by atoms with Gasteiger partial charge in [0.05, 0.1) is 12.0 Å². The molecule has 0 bridgehead atoms. The number of amides is 1. The van der Waals surface area contributed by atoms with Gasteiger partial charge in [-0.1, -0.05) is 6.07 Å². The molecule has 3 rings (SSSR count).